The number of rotatable bonds is 1. The number of nitrogens with zero attached hydrogens (tertiary/aromatic N) is 1. The third-order valence-corrected chi connectivity index (χ3v) is 4.62. The lowest BCUT2D eigenvalue weighted by Crippen LogP contribution is -1.84. The van der Waals surface area contributed by atoms with Crippen LogP contribution in [0.15, 0.2) is 48.5 Å². The Morgan fingerprint density at radius 3 is 2.27 bits per heavy atom. The van der Waals surface area contributed by atoms with Crippen LogP contribution in [0.4, 0.5) is 0 Å². The fourth-order valence-electron chi connectivity index (χ4n) is 2.63. The van der Waals surface area contributed by atoms with Crippen molar-refractivity contribution in [1.82, 2.24) is 9.97 Å². The van der Waals surface area contributed by atoms with Gasteiger partial charge in [-0.15, -0.1) is 0 Å². The maximum Gasteiger partial charge on any atom is 0.139 e. The molecule has 0 fully saturated rings. The summed E-state index contributed by atoms with van der Waals surface area (Å²) in [5.41, 5.74) is 2.37. The zero-order chi connectivity index (χ0) is 15.3. The van der Waals surface area contributed by atoms with Gasteiger partial charge in [-0.25, -0.2) is 4.98 Å². The van der Waals surface area contributed by atoms with E-state index in [0.717, 1.165) is 27.7 Å². The van der Waals surface area contributed by atoms with Crippen molar-refractivity contribution in [2.24, 2.45) is 0 Å². The molecule has 0 aliphatic heterocycles. The quantitative estimate of drug-likeness (QED) is 0.427. The van der Waals surface area contributed by atoms with E-state index in [1.165, 1.54) is 0 Å². The van der Waals surface area contributed by atoms with Gasteiger partial charge in [-0.1, -0.05) is 65.1 Å². The second-order valence-corrected chi connectivity index (χ2v) is 6.20. The molecule has 5 heteroatoms. The summed E-state index contributed by atoms with van der Waals surface area (Å²) in [6, 6.07) is 15.3. The van der Waals surface area contributed by atoms with E-state index >= 15 is 0 Å². The highest BCUT2D eigenvalue weighted by molar-refractivity contribution is 6.39. The molecule has 1 N–H and O–H groups in total. The molecule has 0 saturated carbocycles. The number of aromatic amines is 1. The zero-order valence-corrected chi connectivity index (χ0v) is 13.5. The molecule has 0 amide bonds. The average molecular weight is 348 g/mol. The normalized spacial score (nSPS) is 11.4. The van der Waals surface area contributed by atoms with Crippen LogP contribution in [0, 0.1) is 0 Å². The van der Waals surface area contributed by atoms with Crippen LogP contribution in [0.1, 0.15) is 0 Å². The lowest BCUT2D eigenvalue weighted by Gasteiger charge is -2.05. The van der Waals surface area contributed by atoms with E-state index in [1.54, 1.807) is 12.1 Å². The molecule has 1 heterocycles. The molecule has 0 aliphatic rings. The molecule has 1 aromatic heterocycles. The van der Waals surface area contributed by atoms with Gasteiger partial charge in [-0.05, 0) is 23.6 Å². The number of aromatic nitrogens is 2. The Bertz CT molecular complexity index is 982. The number of benzene rings is 3. The van der Waals surface area contributed by atoms with Crippen LogP contribution in [0.25, 0.3) is 33.2 Å². The number of hydrogen-bond acceptors (Lipinski definition) is 1. The summed E-state index contributed by atoms with van der Waals surface area (Å²) in [6.45, 7) is 0. The summed E-state index contributed by atoms with van der Waals surface area (Å²) in [5, 5.41) is 3.89. The van der Waals surface area contributed by atoms with Gasteiger partial charge in [0.25, 0.3) is 0 Å². The number of imidazole rings is 1. The third-order valence-electron chi connectivity index (χ3n) is 3.67. The van der Waals surface area contributed by atoms with Gasteiger partial charge in [-0.2, -0.15) is 0 Å². The largest absolute Gasteiger partial charge is 0.337 e. The van der Waals surface area contributed by atoms with Crippen molar-refractivity contribution >= 4 is 56.6 Å². The van der Waals surface area contributed by atoms with Crippen LogP contribution >= 0.6 is 34.8 Å². The molecule has 0 atom stereocenters. The zero-order valence-electron chi connectivity index (χ0n) is 11.2. The van der Waals surface area contributed by atoms with E-state index in [9.17, 15) is 0 Å². The first-order valence-corrected chi connectivity index (χ1v) is 7.80. The fraction of sp³-hybridized carbons (Fsp3) is 0. The molecule has 108 valence electrons. The van der Waals surface area contributed by atoms with Gasteiger partial charge in [-0.3, -0.25) is 0 Å². The highest BCUT2D eigenvalue weighted by Gasteiger charge is 2.13. The van der Waals surface area contributed by atoms with Crippen LogP contribution < -0.4 is 0 Å². The summed E-state index contributed by atoms with van der Waals surface area (Å²) < 4.78 is 0. The maximum absolute atomic E-state index is 6.27. The lowest BCUT2D eigenvalue weighted by atomic mass is 10.0. The van der Waals surface area contributed by atoms with Gasteiger partial charge in [0.05, 0.1) is 15.6 Å². The van der Waals surface area contributed by atoms with E-state index in [2.05, 4.69) is 9.97 Å². The van der Waals surface area contributed by atoms with Gasteiger partial charge in [0.2, 0.25) is 0 Å². The molecule has 4 rings (SSSR count). The second-order valence-electron chi connectivity index (χ2n) is 4.98. The maximum atomic E-state index is 6.27. The highest BCUT2D eigenvalue weighted by atomic mass is 35.5. The Balaban J connectivity index is 2.06. The first-order valence-electron chi connectivity index (χ1n) is 6.66. The Morgan fingerprint density at radius 1 is 0.727 bits per heavy atom. The number of H-pyrrole nitrogens is 1. The van der Waals surface area contributed by atoms with Crippen molar-refractivity contribution in [3.05, 3.63) is 63.6 Å². The smallest absolute Gasteiger partial charge is 0.139 e. The minimum absolute atomic E-state index is 0.570. The molecule has 0 bridgehead atoms. The van der Waals surface area contributed by atoms with Crippen LogP contribution in [0.3, 0.4) is 0 Å². The van der Waals surface area contributed by atoms with Crippen LogP contribution in [-0.2, 0) is 0 Å². The molecular formula is C17H9Cl3N2. The molecule has 4 aromatic rings. The number of halogens is 3. The Morgan fingerprint density at radius 2 is 1.45 bits per heavy atom. The lowest BCUT2D eigenvalue weighted by molar-refractivity contribution is 1.35. The monoisotopic (exact) mass is 346 g/mol. The molecule has 0 radical (unpaired) electrons. The SMILES string of the molecule is Clc1cccc2c(-c3nc4c(Cl)ccc(Cl)c4[nH]3)cccc12. The summed E-state index contributed by atoms with van der Waals surface area (Å²) >= 11 is 18.7. The van der Waals surface area contributed by atoms with Crippen molar-refractivity contribution in [3.63, 3.8) is 0 Å². The first-order chi connectivity index (χ1) is 10.6. The van der Waals surface area contributed by atoms with E-state index in [1.807, 2.05) is 36.4 Å². The summed E-state index contributed by atoms with van der Waals surface area (Å²) in [4.78, 5) is 7.87. The number of nitrogens with one attached hydrogen (secondary N) is 1. The molecule has 22 heavy (non-hydrogen) atoms. The molecule has 0 spiro atoms. The van der Waals surface area contributed by atoms with Crippen LogP contribution in [0.2, 0.25) is 15.1 Å². The standard InChI is InChI=1S/C17H9Cl3N2/c18-12-6-2-3-9-10(12)4-1-5-11(9)17-21-15-13(19)7-8-14(20)16(15)22-17/h1-8H,(H,21,22). The molecule has 0 unspecified atom stereocenters. The summed E-state index contributed by atoms with van der Waals surface area (Å²) in [7, 11) is 0. The van der Waals surface area contributed by atoms with E-state index < -0.39 is 0 Å². The van der Waals surface area contributed by atoms with Crippen molar-refractivity contribution in [3.8, 4) is 11.4 Å². The number of fused-ring (bicyclic) bond motifs is 2. The van der Waals surface area contributed by atoms with Gasteiger partial charge in [0.1, 0.15) is 11.3 Å². The molecule has 3 aromatic carbocycles. The van der Waals surface area contributed by atoms with Crippen LogP contribution in [-0.4, -0.2) is 9.97 Å². The van der Waals surface area contributed by atoms with Crippen molar-refractivity contribution in [2.75, 3.05) is 0 Å². The minimum atomic E-state index is 0.570. The molecule has 0 aliphatic carbocycles. The fourth-order valence-corrected chi connectivity index (χ4v) is 3.27. The number of hydrogen-bond donors (Lipinski definition) is 1. The highest BCUT2D eigenvalue weighted by Crippen LogP contribution is 2.34. The van der Waals surface area contributed by atoms with Crippen LogP contribution in [0.5, 0.6) is 0 Å². The van der Waals surface area contributed by atoms with E-state index in [-0.39, 0.29) is 0 Å². The van der Waals surface area contributed by atoms with E-state index in [0.29, 0.717) is 20.6 Å². The van der Waals surface area contributed by atoms with Gasteiger partial charge >= 0.3 is 0 Å². The van der Waals surface area contributed by atoms with Gasteiger partial charge in [0, 0.05) is 16.0 Å². The summed E-state index contributed by atoms with van der Waals surface area (Å²) in [5.74, 6) is 0.720. The predicted molar refractivity (Wildman–Crippen MR) is 94.1 cm³/mol. The Labute approximate surface area is 141 Å². The second kappa shape index (κ2) is 5.17. The topological polar surface area (TPSA) is 28.7 Å². The van der Waals surface area contributed by atoms with Crippen molar-refractivity contribution in [1.29, 1.82) is 0 Å². The van der Waals surface area contributed by atoms with Gasteiger partial charge < -0.3 is 4.98 Å². The Kier molecular flexibility index (Phi) is 3.26. The average Bonchev–Trinajstić information content (AvgIpc) is 2.97. The van der Waals surface area contributed by atoms with Crippen molar-refractivity contribution in [2.45, 2.75) is 0 Å². The minimum Gasteiger partial charge on any atom is -0.337 e. The van der Waals surface area contributed by atoms with E-state index in [4.69, 9.17) is 34.8 Å². The molecular weight excluding hydrogens is 339 g/mol. The molecule has 0 saturated heterocycles. The first kappa shape index (κ1) is 13.9. The Hall–Kier alpha value is -1.74. The predicted octanol–water partition coefficient (Wildman–Crippen LogP) is 6.34. The molecule has 2 nitrogen and oxygen atoms in total. The van der Waals surface area contributed by atoms with Crippen molar-refractivity contribution < 1.29 is 0 Å². The third kappa shape index (κ3) is 2.07. The van der Waals surface area contributed by atoms with Gasteiger partial charge in [0.15, 0.2) is 0 Å². The summed E-state index contributed by atoms with van der Waals surface area (Å²) in [6.07, 6.45) is 0.